The molecule has 3 heterocycles. The van der Waals surface area contributed by atoms with Crippen LogP contribution in [-0.2, 0) is 6.54 Å². The third-order valence-corrected chi connectivity index (χ3v) is 7.58. The first-order valence-electron chi connectivity index (χ1n) is 10.0. The van der Waals surface area contributed by atoms with E-state index >= 15 is 0 Å². The van der Waals surface area contributed by atoms with Crippen molar-refractivity contribution in [2.45, 2.75) is 23.1 Å². The Morgan fingerprint density at radius 2 is 1.93 bits per heavy atom. The number of methoxy groups -OCH3 is 1. The van der Waals surface area contributed by atoms with E-state index in [-0.39, 0.29) is 0 Å². The maximum absolute atomic E-state index is 5.66. The second-order valence-corrected chi connectivity index (χ2v) is 9.33. The molecular weight excluding hydrogens is 410 g/mol. The number of thiazole rings is 1. The minimum Gasteiger partial charge on any atom is -0.496 e. The highest BCUT2D eigenvalue weighted by Crippen LogP contribution is 2.47. The second-order valence-electron chi connectivity index (χ2n) is 7.21. The van der Waals surface area contributed by atoms with Crippen molar-refractivity contribution in [2.75, 3.05) is 18.6 Å². The Balaban J connectivity index is 1.46. The van der Waals surface area contributed by atoms with Crippen LogP contribution in [0.1, 0.15) is 22.9 Å². The highest BCUT2D eigenvalue weighted by atomic mass is 32.2. The quantitative estimate of drug-likeness (QED) is 0.376. The van der Waals surface area contributed by atoms with Gasteiger partial charge in [0.15, 0.2) is 5.13 Å². The van der Waals surface area contributed by atoms with Gasteiger partial charge in [-0.05, 0) is 36.8 Å². The Labute approximate surface area is 185 Å². The molecule has 0 aliphatic carbocycles. The summed E-state index contributed by atoms with van der Waals surface area (Å²) in [7, 11) is 1.76. The summed E-state index contributed by atoms with van der Waals surface area (Å²) in [5, 5.41) is 3.40. The highest BCUT2D eigenvalue weighted by molar-refractivity contribution is 7.99. The zero-order chi connectivity index (χ0) is 20.3. The zero-order valence-corrected chi connectivity index (χ0v) is 18.4. The van der Waals surface area contributed by atoms with Crippen LogP contribution in [0.2, 0.25) is 0 Å². The summed E-state index contributed by atoms with van der Waals surface area (Å²) in [6.07, 6.45) is 5.02. The molecule has 0 fully saturated rings. The Kier molecular flexibility index (Phi) is 5.51. The Hall–Kier alpha value is -2.70. The first-order chi connectivity index (χ1) is 14.8. The van der Waals surface area contributed by atoms with Crippen molar-refractivity contribution < 1.29 is 4.74 Å². The minimum atomic E-state index is 0.359. The van der Waals surface area contributed by atoms with E-state index in [1.807, 2.05) is 29.4 Å². The van der Waals surface area contributed by atoms with Gasteiger partial charge < -0.3 is 9.64 Å². The molecule has 0 N–H and O–H groups in total. The number of aromatic nitrogens is 2. The van der Waals surface area contributed by atoms with Gasteiger partial charge in [-0.1, -0.05) is 30.3 Å². The predicted molar refractivity (Wildman–Crippen MR) is 125 cm³/mol. The molecule has 152 valence electrons. The van der Waals surface area contributed by atoms with Gasteiger partial charge in [0.05, 0.1) is 19.3 Å². The van der Waals surface area contributed by atoms with Crippen molar-refractivity contribution in [1.29, 1.82) is 0 Å². The summed E-state index contributed by atoms with van der Waals surface area (Å²) in [5.41, 5.74) is 3.82. The summed E-state index contributed by atoms with van der Waals surface area (Å²) < 4.78 is 7.86. The molecule has 2 aromatic carbocycles. The molecule has 0 radical (unpaired) electrons. The van der Waals surface area contributed by atoms with E-state index in [0.717, 1.165) is 30.4 Å². The van der Waals surface area contributed by atoms with Gasteiger partial charge in [0.2, 0.25) is 0 Å². The summed E-state index contributed by atoms with van der Waals surface area (Å²) in [6, 6.07) is 21.4. The van der Waals surface area contributed by atoms with Gasteiger partial charge in [-0.25, -0.2) is 4.98 Å². The molecule has 0 saturated carbocycles. The van der Waals surface area contributed by atoms with E-state index in [4.69, 9.17) is 4.74 Å². The Morgan fingerprint density at radius 3 is 2.80 bits per heavy atom. The van der Waals surface area contributed by atoms with Crippen molar-refractivity contribution in [1.82, 2.24) is 9.55 Å². The van der Waals surface area contributed by atoms with Crippen molar-refractivity contribution in [3.8, 4) is 10.9 Å². The number of hydrogen-bond acceptors (Lipinski definition) is 5. The summed E-state index contributed by atoms with van der Waals surface area (Å²) in [4.78, 5) is 8.31. The van der Waals surface area contributed by atoms with Crippen molar-refractivity contribution in [3.05, 3.63) is 89.7 Å². The standard InChI is InChI=1S/C24H23N3OS2/c1-28-21-10-4-2-8-19(21)22-12-15-26(20-9-3-5-11-23(20)30-22)17-18-7-6-14-27(18)24-25-13-16-29-24/h2-11,13-14,16,22H,12,15,17H2,1H3. The van der Waals surface area contributed by atoms with E-state index in [0.29, 0.717) is 5.25 Å². The number of anilines is 1. The predicted octanol–water partition coefficient (Wildman–Crippen LogP) is 6.19. The third kappa shape index (κ3) is 3.73. The number of fused-ring (bicyclic) bond motifs is 1. The molecule has 0 saturated heterocycles. The van der Waals surface area contributed by atoms with Gasteiger partial charge in [-0.15, -0.1) is 23.1 Å². The molecule has 0 bridgehead atoms. The SMILES string of the molecule is COc1ccccc1C1CCN(Cc2cccn2-c2nccs2)c2ccccc2S1. The molecule has 1 atom stereocenters. The van der Waals surface area contributed by atoms with Crippen LogP contribution in [0.5, 0.6) is 5.75 Å². The molecule has 30 heavy (non-hydrogen) atoms. The van der Waals surface area contributed by atoms with E-state index in [2.05, 4.69) is 75.2 Å². The molecule has 0 amide bonds. The number of rotatable bonds is 5. The van der Waals surface area contributed by atoms with Crippen LogP contribution in [0.15, 0.2) is 83.3 Å². The zero-order valence-electron chi connectivity index (χ0n) is 16.8. The van der Waals surface area contributed by atoms with Crippen LogP contribution >= 0.6 is 23.1 Å². The molecule has 2 aromatic heterocycles. The normalized spacial score (nSPS) is 16.2. The third-order valence-electron chi connectivity index (χ3n) is 5.43. The summed E-state index contributed by atoms with van der Waals surface area (Å²) >= 11 is 3.60. The van der Waals surface area contributed by atoms with Gasteiger partial charge in [-0.3, -0.25) is 4.57 Å². The van der Waals surface area contributed by atoms with Crippen LogP contribution in [0.25, 0.3) is 5.13 Å². The lowest BCUT2D eigenvalue weighted by atomic mass is 10.1. The number of hydrogen-bond donors (Lipinski definition) is 0. The average molecular weight is 434 g/mol. The van der Waals surface area contributed by atoms with E-state index in [1.165, 1.54) is 21.8 Å². The molecule has 1 aliphatic rings. The largest absolute Gasteiger partial charge is 0.496 e. The first kappa shape index (κ1) is 19.3. The molecular formula is C24H23N3OS2. The second kappa shape index (κ2) is 8.58. The van der Waals surface area contributed by atoms with Crippen LogP contribution in [0.4, 0.5) is 5.69 Å². The summed E-state index contributed by atoms with van der Waals surface area (Å²) in [5.74, 6) is 0.971. The Bertz CT molecular complexity index is 1120. The number of thioether (sulfide) groups is 1. The molecule has 4 nitrogen and oxygen atoms in total. The first-order valence-corrected chi connectivity index (χ1v) is 11.8. The molecule has 4 aromatic rings. The van der Waals surface area contributed by atoms with Gasteiger partial charge in [-0.2, -0.15) is 0 Å². The lowest BCUT2D eigenvalue weighted by molar-refractivity contribution is 0.409. The fourth-order valence-corrected chi connectivity index (χ4v) is 5.98. The van der Waals surface area contributed by atoms with E-state index < -0.39 is 0 Å². The van der Waals surface area contributed by atoms with Crippen molar-refractivity contribution in [2.24, 2.45) is 0 Å². The topological polar surface area (TPSA) is 30.3 Å². The molecule has 6 heteroatoms. The molecule has 1 aliphatic heterocycles. The lowest BCUT2D eigenvalue weighted by Gasteiger charge is -2.25. The maximum atomic E-state index is 5.66. The molecule has 0 spiro atoms. The number of benzene rings is 2. The van der Waals surface area contributed by atoms with Gasteiger partial charge in [0.25, 0.3) is 0 Å². The molecule has 5 rings (SSSR count). The van der Waals surface area contributed by atoms with Crippen LogP contribution < -0.4 is 9.64 Å². The van der Waals surface area contributed by atoms with Gasteiger partial charge >= 0.3 is 0 Å². The average Bonchev–Trinajstić information content (AvgIpc) is 3.44. The van der Waals surface area contributed by atoms with Crippen molar-refractivity contribution in [3.63, 3.8) is 0 Å². The fraction of sp³-hybridized carbons (Fsp3) is 0.208. The van der Waals surface area contributed by atoms with Gasteiger partial charge in [0.1, 0.15) is 5.75 Å². The monoisotopic (exact) mass is 433 g/mol. The van der Waals surface area contributed by atoms with Crippen LogP contribution in [0, 0.1) is 0 Å². The highest BCUT2D eigenvalue weighted by Gasteiger charge is 2.25. The molecule has 1 unspecified atom stereocenters. The minimum absolute atomic E-state index is 0.359. The van der Waals surface area contributed by atoms with Crippen molar-refractivity contribution >= 4 is 28.8 Å². The number of nitrogens with zero attached hydrogens (tertiary/aromatic N) is 3. The van der Waals surface area contributed by atoms with E-state index in [9.17, 15) is 0 Å². The van der Waals surface area contributed by atoms with E-state index in [1.54, 1.807) is 18.4 Å². The number of ether oxygens (including phenoxy) is 1. The van der Waals surface area contributed by atoms with Crippen LogP contribution in [-0.4, -0.2) is 23.2 Å². The maximum Gasteiger partial charge on any atom is 0.193 e. The Morgan fingerprint density at radius 1 is 1.07 bits per heavy atom. The van der Waals surface area contributed by atoms with Gasteiger partial charge in [0, 0.05) is 45.7 Å². The fourth-order valence-electron chi connectivity index (χ4n) is 4.00. The summed E-state index contributed by atoms with van der Waals surface area (Å²) in [6.45, 7) is 1.83. The smallest absolute Gasteiger partial charge is 0.193 e. The van der Waals surface area contributed by atoms with Crippen LogP contribution in [0.3, 0.4) is 0 Å². The number of para-hydroxylation sites is 2. The lowest BCUT2D eigenvalue weighted by Crippen LogP contribution is -2.25.